The van der Waals surface area contributed by atoms with Crippen LogP contribution in [0.25, 0.3) is 11.4 Å². The first-order chi connectivity index (χ1) is 15.7. The van der Waals surface area contributed by atoms with Gasteiger partial charge in [0, 0.05) is 12.1 Å². The van der Waals surface area contributed by atoms with Crippen LogP contribution in [0, 0.1) is 6.92 Å². The fourth-order valence-corrected chi connectivity index (χ4v) is 3.00. The molecule has 0 radical (unpaired) electrons. The number of aryl methyl sites for hydroxylation is 1. The van der Waals surface area contributed by atoms with Crippen LogP contribution in [0.4, 0.5) is 0 Å². The van der Waals surface area contributed by atoms with E-state index < -0.39 is 0 Å². The molecule has 32 heavy (non-hydrogen) atoms. The lowest BCUT2D eigenvalue weighted by Crippen LogP contribution is -2.28. The predicted molar refractivity (Wildman–Crippen MR) is 119 cm³/mol. The molecule has 0 saturated heterocycles. The highest BCUT2D eigenvalue weighted by molar-refractivity contribution is 5.77. The summed E-state index contributed by atoms with van der Waals surface area (Å²) in [5, 5.41) is 6.85. The van der Waals surface area contributed by atoms with Gasteiger partial charge >= 0.3 is 0 Å². The van der Waals surface area contributed by atoms with E-state index in [2.05, 4.69) is 15.5 Å². The molecular weight excluding hydrogens is 406 g/mol. The summed E-state index contributed by atoms with van der Waals surface area (Å²) in [5.41, 5.74) is 2.86. The summed E-state index contributed by atoms with van der Waals surface area (Å²) >= 11 is 0. The number of nitrogens with one attached hydrogen (secondary N) is 1. The molecule has 0 fully saturated rings. The first kappa shape index (κ1) is 21.1. The van der Waals surface area contributed by atoms with Gasteiger partial charge in [0.25, 0.3) is 11.8 Å². The van der Waals surface area contributed by atoms with Crippen molar-refractivity contribution in [2.24, 2.45) is 0 Å². The van der Waals surface area contributed by atoms with Gasteiger partial charge < -0.3 is 19.3 Å². The summed E-state index contributed by atoms with van der Waals surface area (Å²) in [6, 6.07) is 24.6. The Morgan fingerprint density at radius 2 is 1.72 bits per heavy atom. The minimum atomic E-state index is -0.200. The molecule has 0 aliphatic rings. The molecule has 7 nitrogen and oxygen atoms in total. The number of rotatable bonds is 9. The topological polar surface area (TPSA) is 86.5 Å². The van der Waals surface area contributed by atoms with Crippen LogP contribution in [0.1, 0.15) is 17.0 Å². The van der Waals surface area contributed by atoms with Crippen molar-refractivity contribution in [3.63, 3.8) is 0 Å². The minimum absolute atomic E-state index is 0.0852. The van der Waals surface area contributed by atoms with E-state index in [0.717, 1.165) is 22.4 Å². The van der Waals surface area contributed by atoms with E-state index in [4.69, 9.17) is 14.0 Å². The van der Waals surface area contributed by atoms with Gasteiger partial charge in [0.05, 0.1) is 0 Å². The fourth-order valence-electron chi connectivity index (χ4n) is 3.00. The van der Waals surface area contributed by atoms with Crippen molar-refractivity contribution in [2.45, 2.75) is 20.1 Å². The molecule has 4 aromatic rings. The summed E-state index contributed by atoms with van der Waals surface area (Å²) < 4.78 is 16.6. The maximum absolute atomic E-state index is 12.1. The average Bonchev–Trinajstić information content (AvgIpc) is 3.30. The molecule has 1 aromatic heterocycles. The molecule has 162 valence electrons. The SMILES string of the molecule is Cc1cccc(OCc2nc(-c3cccc(OCC(=O)NCc4ccccc4)c3)no2)c1. The summed E-state index contributed by atoms with van der Waals surface area (Å²) in [6.07, 6.45) is 0. The second-order valence-electron chi connectivity index (χ2n) is 7.20. The summed E-state index contributed by atoms with van der Waals surface area (Å²) in [5.74, 6) is 1.87. The number of nitrogens with zero attached hydrogens (tertiary/aromatic N) is 2. The van der Waals surface area contributed by atoms with Crippen molar-refractivity contribution < 1.29 is 18.8 Å². The average molecular weight is 429 g/mol. The second kappa shape index (κ2) is 10.3. The van der Waals surface area contributed by atoms with E-state index in [0.29, 0.717) is 24.0 Å². The van der Waals surface area contributed by atoms with Gasteiger partial charge in [-0.05, 0) is 42.3 Å². The smallest absolute Gasteiger partial charge is 0.264 e. The van der Waals surface area contributed by atoms with E-state index in [-0.39, 0.29) is 19.1 Å². The molecule has 4 rings (SSSR count). The number of hydrogen-bond acceptors (Lipinski definition) is 6. The number of carbonyl (C=O) groups excluding carboxylic acids is 1. The van der Waals surface area contributed by atoms with Gasteiger partial charge in [0.15, 0.2) is 13.2 Å². The predicted octanol–water partition coefficient (Wildman–Crippen LogP) is 4.32. The highest BCUT2D eigenvalue weighted by Gasteiger charge is 2.11. The van der Waals surface area contributed by atoms with Crippen LogP contribution < -0.4 is 14.8 Å². The largest absolute Gasteiger partial charge is 0.484 e. The van der Waals surface area contributed by atoms with Crippen molar-refractivity contribution in [3.8, 4) is 22.9 Å². The van der Waals surface area contributed by atoms with Crippen LogP contribution in [0.3, 0.4) is 0 Å². The van der Waals surface area contributed by atoms with Crippen molar-refractivity contribution in [2.75, 3.05) is 6.61 Å². The Bertz CT molecular complexity index is 1170. The third-order valence-corrected chi connectivity index (χ3v) is 4.61. The van der Waals surface area contributed by atoms with Gasteiger partial charge in [-0.1, -0.05) is 59.8 Å². The van der Waals surface area contributed by atoms with Crippen LogP contribution in [0.5, 0.6) is 11.5 Å². The molecule has 0 saturated carbocycles. The van der Waals surface area contributed by atoms with Crippen molar-refractivity contribution in [1.82, 2.24) is 15.5 Å². The van der Waals surface area contributed by atoms with E-state index >= 15 is 0 Å². The van der Waals surface area contributed by atoms with Crippen molar-refractivity contribution in [1.29, 1.82) is 0 Å². The fraction of sp³-hybridized carbons (Fsp3) is 0.160. The zero-order chi connectivity index (χ0) is 22.2. The number of amides is 1. The molecule has 0 aliphatic carbocycles. The maximum Gasteiger partial charge on any atom is 0.264 e. The highest BCUT2D eigenvalue weighted by Crippen LogP contribution is 2.22. The molecule has 7 heteroatoms. The van der Waals surface area contributed by atoms with E-state index in [1.165, 1.54) is 0 Å². The Morgan fingerprint density at radius 3 is 2.53 bits per heavy atom. The number of ether oxygens (including phenoxy) is 2. The Labute approximate surface area is 186 Å². The molecule has 0 aliphatic heterocycles. The molecule has 3 aromatic carbocycles. The number of aromatic nitrogens is 2. The van der Waals surface area contributed by atoms with Crippen molar-refractivity contribution in [3.05, 3.63) is 95.9 Å². The number of carbonyl (C=O) groups is 1. The van der Waals surface area contributed by atoms with E-state index in [1.807, 2.05) is 73.7 Å². The van der Waals surface area contributed by atoms with Crippen LogP contribution >= 0.6 is 0 Å². The first-order valence-corrected chi connectivity index (χ1v) is 10.2. The van der Waals surface area contributed by atoms with Crippen LogP contribution in [0.2, 0.25) is 0 Å². The number of benzene rings is 3. The standard InChI is InChI=1S/C25H23N3O4/c1-18-7-5-11-21(13-18)31-17-24-27-25(28-32-24)20-10-6-12-22(14-20)30-16-23(29)26-15-19-8-3-2-4-9-19/h2-14H,15-17H2,1H3,(H,26,29). The van der Waals surface area contributed by atoms with Gasteiger partial charge in [-0.3, -0.25) is 4.79 Å². The van der Waals surface area contributed by atoms with Crippen molar-refractivity contribution >= 4 is 5.91 Å². The molecule has 1 amide bonds. The quantitative estimate of drug-likeness (QED) is 0.426. The first-order valence-electron chi connectivity index (χ1n) is 10.2. The van der Waals surface area contributed by atoms with Gasteiger partial charge in [0.1, 0.15) is 11.5 Å². The van der Waals surface area contributed by atoms with Crippen LogP contribution in [-0.4, -0.2) is 22.7 Å². The molecule has 0 atom stereocenters. The second-order valence-corrected chi connectivity index (χ2v) is 7.20. The summed E-state index contributed by atoms with van der Waals surface area (Å²) in [6.45, 7) is 2.55. The number of hydrogen-bond donors (Lipinski definition) is 1. The van der Waals surface area contributed by atoms with E-state index in [1.54, 1.807) is 12.1 Å². The Morgan fingerprint density at radius 1 is 0.938 bits per heavy atom. The monoisotopic (exact) mass is 429 g/mol. The molecule has 0 bridgehead atoms. The zero-order valence-corrected chi connectivity index (χ0v) is 17.7. The maximum atomic E-state index is 12.1. The normalized spacial score (nSPS) is 10.5. The highest BCUT2D eigenvalue weighted by atomic mass is 16.5. The summed E-state index contributed by atoms with van der Waals surface area (Å²) in [7, 11) is 0. The molecule has 0 unspecified atom stereocenters. The third-order valence-electron chi connectivity index (χ3n) is 4.61. The Balaban J connectivity index is 1.30. The molecule has 0 spiro atoms. The molecular formula is C25H23N3O4. The van der Waals surface area contributed by atoms with Gasteiger partial charge in [-0.25, -0.2) is 0 Å². The van der Waals surface area contributed by atoms with Gasteiger partial charge in [-0.2, -0.15) is 4.98 Å². The lowest BCUT2D eigenvalue weighted by molar-refractivity contribution is -0.123. The third kappa shape index (κ3) is 5.95. The van der Waals surface area contributed by atoms with Gasteiger partial charge in [0.2, 0.25) is 5.82 Å². The molecule has 1 N–H and O–H groups in total. The van der Waals surface area contributed by atoms with Crippen LogP contribution in [-0.2, 0) is 17.9 Å². The van der Waals surface area contributed by atoms with Gasteiger partial charge in [-0.15, -0.1) is 0 Å². The lowest BCUT2D eigenvalue weighted by Gasteiger charge is -2.08. The van der Waals surface area contributed by atoms with Crippen LogP contribution in [0.15, 0.2) is 83.4 Å². The van der Waals surface area contributed by atoms with E-state index in [9.17, 15) is 4.79 Å². The zero-order valence-electron chi connectivity index (χ0n) is 17.7. The summed E-state index contributed by atoms with van der Waals surface area (Å²) in [4.78, 5) is 16.4. The Hall–Kier alpha value is -4.13. The lowest BCUT2D eigenvalue weighted by atomic mass is 10.2. The minimum Gasteiger partial charge on any atom is -0.484 e. The Kier molecular flexibility index (Phi) is 6.77. The molecule has 1 heterocycles.